The van der Waals surface area contributed by atoms with Crippen molar-refractivity contribution in [3.05, 3.63) is 62.2 Å². The number of carbonyl (C=O) groups excluding carboxylic acids is 2. The SMILES string of the molecule is CCCCN(C(=O)COC(=O)c1csc(-c2ccccc2)n1)c1c(N)n(CCC)c(=O)[nH]c1=O. The molecule has 0 unspecified atom stereocenters. The van der Waals surface area contributed by atoms with E-state index in [0.717, 1.165) is 12.0 Å². The molecule has 0 radical (unpaired) electrons. The number of hydrogen-bond acceptors (Lipinski definition) is 8. The molecule has 11 heteroatoms. The Balaban J connectivity index is 1.79. The molecule has 0 spiro atoms. The van der Waals surface area contributed by atoms with Crippen LogP contribution in [0.3, 0.4) is 0 Å². The van der Waals surface area contributed by atoms with Crippen LogP contribution in [-0.4, -0.2) is 39.6 Å². The number of H-pyrrole nitrogens is 1. The maximum atomic E-state index is 13.0. The van der Waals surface area contributed by atoms with Gasteiger partial charge < -0.3 is 15.4 Å². The number of aromatic nitrogens is 3. The molecule has 0 aliphatic rings. The van der Waals surface area contributed by atoms with Gasteiger partial charge in [0, 0.05) is 24.0 Å². The third-order valence-corrected chi connectivity index (χ3v) is 5.92. The molecule has 0 atom stereocenters. The summed E-state index contributed by atoms with van der Waals surface area (Å²) in [5, 5.41) is 2.22. The van der Waals surface area contributed by atoms with Crippen LogP contribution in [0.2, 0.25) is 0 Å². The zero-order chi connectivity index (χ0) is 24.7. The summed E-state index contributed by atoms with van der Waals surface area (Å²) < 4.78 is 6.41. The van der Waals surface area contributed by atoms with Crippen LogP contribution in [0.15, 0.2) is 45.3 Å². The van der Waals surface area contributed by atoms with E-state index in [4.69, 9.17) is 10.5 Å². The van der Waals surface area contributed by atoms with Gasteiger partial charge in [0.15, 0.2) is 18.0 Å². The molecule has 0 bridgehead atoms. The summed E-state index contributed by atoms with van der Waals surface area (Å²) in [7, 11) is 0. The largest absolute Gasteiger partial charge is 0.451 e. The van der Waals surface area contributed by atoms with Crippen molar-refractivity contribution in [2.24, 2.45) is 0 Å². The van der Waals surface area contributed by atoms with E-state index in [1.54, 1.807) is 5.38 Å². The number of carbonyl (C=O) groups is 2. The number of nitrogens with one attached hydrogen (secondary N) is 1. The smallest absolute Gasteiger partial charge is 0.358 e. The van der Waals surface area contributed by atoms with Crippen LogP contribution in [0.1, 0.15) is 43.6 Å². The van der Waals surface area contributed by atoms with Gasteiger partial charge in [-0.2, -0.15) is 0 Å². The lowest BCUT2D eigenvalue weighted by molar-refractivity contribution is -0.121. The van der Waals surface area contributed by atoms with Crippen LogP contribution in [0.25, 0.3) is 10.6 Å². The first-order valence-electron chi connectivity index (χ1n) is 11.0. The lowest BCUT2D eigenvalue weighted by Crippen LogP contribution is -2.43. The van der Waals surface area contributed by atoms with Crippen molar-refractivity contribution in [3.8, 4) is 10.6 Å². The predicted octanol–water partition coefficient (Wildman–Crippen LogP) is 2.64. The predicted molar refractivity (Wildman–Crippen MR) is 131 cm³/mol. The molecule has 3 aromatic rings. The molecule has 2 heterocycles. The van der Waals surface area contributed by atoms with E-state index in [-0.39, 0.29) is 30.3 Å². The second-order valence-corrected chi connectivity index (χ2v) is 8.38. The minimum atomic E-state index is -0.766. The topological polar surface area (TPSA) is 140 Å². The lowest BCUT2D eigenvalue weighted by atomic mass is 10.2. The number of nitrogen functional groups attached to an aromatic ring is 1. The first-order chi connectivity index (χ1) is 16.4. The maximum absolute atomic E-state index is 13.0. The number of aromatic amines is 1. The van der Waals surface area contributed by atoms with Gasteiger partial charge in [0.1, 0.15) is 10.8 Å². The second-order valence-electron chi connectivity index (χ2n) is 7.52. The Morgan fingerprint density at radius 2 is 1.91 bits per heavy atom. The molecule has 10 nitrogen and oxygen atoms in total. The molecule has 180 valence electrons. The summed E-state index contributed by atoms with van der Waals surface area (Å²) in [5.74, 6) is -1.47. The molecular formula is C23H27N5O5S. The van der Waals surface area contributed by atoms with E-state index >= 15 is 0 Å². The molecule has 1 amide bonds. The van der Waals surface area contributed by atoms with E-state index in [2.05, 4.69) is 9.97 Å². The van der Waals surface area contributed by atoms with Crippen LogP contribution in [0.4, 0.5) is 11.5 Å². The molecular weight excluding hydrogens is 458 g/mol. The number of unbranched alkanes of at least 4 members (excludes halogenated alkanes) is 1. The summed E-state index contributed by atoms with van der Waals surface area (Å²) in [5.41, 5.74) is 5.55. The Morgan fingerprint density at radius 1 is 1.18 bits per heavy atom. The number of benzene rings is 1. The fourth-order valence-corrected chi connectivity index (χ4v) is 4.12. The zero-order valence-electron chi connectivity index (χ0n) is 19.1. The Morgan fingerprint density at radius 3 is 2.59 bits per heavy atom. The minimum Gasteiger partial charge on any atom is -0.451 e. The van der Waals surface area contributed by atoms with Gasteiger partial charge in [-0.05, 0) is 12.8 Å². The van der Waals surface area contributed by atoms with Crippen molar-refractivity contribution in [2.75, 3.05) is 23.8 Å². The van der Waals surface area contributed by atoms with E-state index in [1.807, 2.05) is 44.2 Å². The van der Waals surface area contributed by atoms with Crippen molar-refractivity contribution >= 4 is 34.7 Å². The van der Waals surface area contributed by atoms with Crippen LogP contribution in [0.5, 0.6) is 0 Å². The fraction of sp³-hybridized carbons (Fsp3) is 0.348. The van der Waals surface area contributed by atoms with E-state index in [9.17, 15) is 19.2 Å². The van der Waals surface area contributed by atoms with E-state index in [0.29, 0.717) is 17.8 Å². The van der Waals surface area contributed by atoms with Crippen molar-refractivity contribution in [1.82, 2.24) is 14.5 Å². The molecule has 3 N–H and O–H groups in total. The third kappa shape index (κ3) is 5.60. The summed E-state index contributed by atoms with van der Waals surface area (Å²) in [4.78, 5) is 57.9. The highest BCUT2D eigenvalue weighted by Gasteiger charge is 2.25. The Kier molecular flexibility index (Phi) is 8.36. The van der Waals surface area contributed by atoms with Gasteiger partial charge in [0.05, 0.1) is 0 Å². The van der Waals surface area contributed by atoms with Crippen LogP contribution >= 0.6 is 11.3 Å². The van der Waals surface area contributed by atoms with Gasteiger partial charge in [0.25, 0.3) is 11.5 Å². The molecule has 0 saturated heterocycles. The Bertz CT molecular complexity index is 1260. The molecule has 2 aromatic heterocycles. The van der Waals surface area contributed by atoms with Gasteiger partial charge in [0.2, 0.25) is 0 Å². The summed E-state index contributed by atoms with van der Waals surface area (Å²) in [6.45, 7) is 3.65. The van der Waals surface area contributed by atoms with Gasteiger partial charge in [-0.15, -0.1) is 11.3 Å². The monoisotopic (exact) mass is 485 g/mol. The Labute approximate surface area is 200 Å². The molecule has 0 fully saturated rings. The Hall–Kier alpha value is -3.73. The first kappa shape index (κ1) is 24.9. The fourth-order valence-electron chi connectivity index (χ4n) is 3.32. The molecule has 0 saturated carbocycles. The van der Waals surface area contributed by atoms with E-state index < -0.39 is 29.7 Å². The summed E-state index contributed by atoms with van der Waals surface area (Å²) >= 11 is 1.29. The highest BCUT2D eigenvalue weighted by Crippen LogP contribution is 2.24. The van der Waals surface area contributed by atoms with Crippen molar-refractivity contribution in [1.29, 1.82) is 0 Å². The quantitative estimate of drug-likeness (QED) is 0.421. The number of esters is 1. The molecule has 1 aromatic carbocycles. The van der Waals surface area contributed by atoms with Gasteiger partial charge in [-0.3, -0.25) is 19.1 Å². The minimum absolute atomic E-state index is 0.0885. The van der Waals surface area contributed by atoms with Crippen LogP contribution < -0.4 is 21.9 Å². The number of thiazole rings is 1. The second kappa shape index (κ2) is 11.4. The molecule has 34 heavy (non-hydrogen) atoms. The standard InChI is InChI=1S/C23H27N5O5S/c1-3-5-12-27(18-19(24)28(11-4-2)23(32)26-20(18)30)17(29)13-33-22(31)16-14-34-21(25-16)15-9-7-6-8-10-15/h6-10,14H,3-5,11-13,24H2,1-2H3,(H,26,30,32). The van der Waals surface area contributed by atoms with Crippen molar-refractivity contribution in [2.45, 2.75) is 39.7 Å². The third-order valence-electron chi connectivity index (χ3n) is 5.03. The molecule has 0 aliphatic heterocycles. The summed E-state index contributed by atoms with van der Waals surface area (Å²) in [6, 6.07) is 9.38. The van der Waals surface area contributed by atoms with Gasteiger partial charge in [-0.25, -0.2) is 14.6 Å². The van der Waals surface area contributed by atoms with Crippen LogP contribution in [-0.2, 0) is 16.1 Å². The number of amides is 1. The first-order valence-corrected chi connectivity index (χ1v) is 11.9. The van der Waals surface area contributed by atoms with Crippen molar-refractivity contribution in [3.63, 3.8) is 0 Å². The average Bonchev–Trinajstić information content (AvgIpc) is 3.33. The maximum Gasteiger partial charge on any atom is 0.358 e. The number of anilines is 2. The van der Waals surface area contributed by atoms with Gasteiger partial charge >= 0.3 is 11.7 Å². The number of hydrogen-bond donors (Lipinski definition) is 2. The number of nitrogens with two attached hydrogens (primary N) is 1. The summed E-state index contributed by atoms with van der Waals surface area (Å²) in [6.07, 6.45) is 1.93. The van der Waals surface area contributed by atoms with E-state index in [1.165, 1.54) is 20.8 Å². The normalized spacial score (nSPS) is 10.8. The molecule has 3 rings (SSSR count). The highest BCUT2D eigenvalue weighted by molar-refractivity contribution is 7.13. The van der Waals surface area contributed by atoms with Crippen LogP contribution in [0, 0.1) is 0 Å². The average molecular weight is 486 g/mol. The number of ether oxygens (including phenoxy) is 1. The van der Waals surface area contributed by atoms with Crippen molar-refractivity contribution < 1.29 is 14.3 Å². The number of rotatable bonds is 10. The molecule has 0 aliphatic carbocycles. The number of nitrogens with zero attached hydrogens (tertiary/aromatic N) is 3. The zero-order valence-corrected chi connectivity index (χ0v) is 19.9. The lowest BCUT2D eigenvalue weighted by Gasteiger charge is -2.24. The highest BCUT2D eigenvalue weighted by atomic mass is 32.1. The van der Waals surface area contributed by atoms with Gasteiger partial charge in [-0.1, -0.05) is 50.6 Å².